The van der Waals surface area contributed by atoms with Gasteiger partial charge in [-0.15, -0.1) is 0 Å². The molecule has 9 nitrogen and oxygen atoms in total. The number of nitrogens with two attached hydrogens (primary N) is 3. The average Bonchev–Trinajstić information content (AvgIpc) is 2.65. The molecule has 19 heavy (non-hydrogen) atoms. The van der Waals surface area contributed by atoms with E-state index in [0.29, 0.717) is 6.42 Å². The van der Waals surface area contributed by atoms with Gasteiger partial charge in [-0.05, 0) is 12.8 Å². The zero-order chi connectivity index (χ0) is 13.9. The molecular formula is C10H20N8O. The predicted octanol–water partition coefficient (Wildman–Crippen LogP) is -1.92. The van der Waals surface area contributed by atoms with Crippen molar-refractivity contribution < 1.29 is 4.79 Å². The number of nitrogens with one attached hydrogen (secondary N) is 2. The number of unbranched alkanes of at least 4 members (excludes halogenated alkanes) is 3. The largest absolute Gasteiger partial charge is 0.368 e. The van der Waals surface area contributed by atoms with Crippen molar-refractivity contribution in [3.8, 4) is 0 Å². The van der Waals surface area contributed by atoms with E-state index < -0.39 is 5.91 Å². The van der Waals surface area contributed by atoms with Crippen LogP contribution in [0.5, 0.6) is 0 Å². The van der Waals surface area contributed by atoms with Gasteiger partial charge < -0.3 is 16.3 Å². The number of fused-ring (bicyclic) bond motifs is 1. The highest BCUT2D eigenvalue weighted by Crippen LogP contribution is 2.18. The van der Waals surface area contributed by atoms with Gasteiger partial charge in [0.15, 0.2) is 0 Å². The average molecular weight is 268 g/mol. The number of rotatable bonds is 6. The van der Waals surface area contributed by atoms with E-state index in [1.165, 1.54) is 5.01 Å². The van der Waals surface area contributed by atoms with Crippen LogP contribution in [0.25, 0.3) is 0 Å². The highest BCUT2D eigenvalue weighted by Gasteiger charge is 2.45. The molecule has 0 saturated carbocycles. The lowest BCUT2D eigenvalue weighted by atomic mass is 10.1. The molecule has 8 N–H and O–H groups in total. The Morgan fingerprint density at radius 3 is 2.89 bits per heavy atom. The second kappa shape index (κ2) is 5.51. The summed E-state index contributed by atoms with van der Waals surface area (Å²) < 4.78 is 0. The van der Waals surface area contributed by atoms with Crippen LogP contribution in [0.3, 0.4) is 0 Å². The van der Waals surface area contributed by atoms with Crippen LogP contribution in [-0.2, 0) is 4.79 Å². The summed E-state index contributed by atoms with van der Waals surface area (Å²) in [6, 6.07) is 0. The molecule has 2 aliphatic rings. The van der Waals surface area contributed by atoms with Gasteiger partial charge in [0, 0.05) is 6.42 Å². The second-order valence-electron chi connectivity index (χ2n) is 4.63. The lowest BCUT2D eigenvalue weighted by Crippen LogP contribution is -2.65. The molecule has 0 aromatic rings. The van der Waals surface area contributed by atoms with Crippen LogP contribution in [0, 0.1) is 0 Å². The number of carbonyl (C=O) groups is 1. The first kappa shape index (κ1) is 13.7. The Kier molecular flexibility index (Phi) is 3.98. The highest BCUT2D eigenvalue weighted by atomic mass is 16.1. The number of nitrogens with zero attached hydrogens (tertiary/aromatic N) is 3. The third kappa shape index (κ3) is 3.00. The van der Waals surface area contributed by atoms with Gasteiger partial charge in [0.1, 0.15) is 6.29 Å². The van der Waals surface area contributed by atoms with Gasteiger partial charge >= 0.3 is 0 Å². The lowest BCUT2D eigenvalue weighted by molar-refractivity contribution is -0.107. The van der Waals surface area contributed by atoms with E-state index in [2.05, 4.69) is 20.7 Å². The van der Waals surface area contributed by atoms with Gasteiger partial charge in [-0.1, -0.05) is 12.8 Å². The first-order valence-corrected chi connectivity index (χ1v) is 6.31. The van der Waals surface area contributed by atoms with E-state index in [9.17, 15) is 4.79 Å². The van der Waals surface area contributed by atoms with Crippen molar-refractivity contribution in [1.82, 2.24) is 15.8 Å². The topological polar surface area (TPSA) is 147 Å². The standard InChI is InChI=1S/C10H20N8O/c11-8-14-9(12)18-10(13,16-8)15-7(17-18)5-3-1-2-4-6-19/h6-7,15,17H,1-5,13H2,(H4,11,12,14,16). The van der Waals surface area contributed by atoms with Crippen molar-refractivity contribution in [2.75, 3.05) is 0 Å². The predicted molar refractivity (Wildman–Crippen MR) is 71.2 cm³/mol. The Hall–Kier alpha value is -1.71. The van der Waals surface area contributed by atoms with E-state index in [1.54, 1.807) is 0 Å². The van der Waals surface area contributed by atoms with Gasteiger partial charge in [0.2, 0.25) is 11.9 Å². The normalized spacial score (nSPS) is 29.7. The van der Waals surface area contributed by atoms with Crippen LogP contribution in [-0.4, -0.2) is 35.3 Å². The monoisotopic (exact) mass is 268 g/mol. The SMILES string of the molecule is NC1=NC2(N)NC(CCCCCC=O)NN2C(N)=N1. The Morgan fingerprint density at radius 2 is 2.16 bits per heavy atom. The minimum absolute atomic E-state index is 0.0513. The van der Waals surface area contributed by atoms with Crippen LogP contribution >= 0.6 is 0 Å². The lowest BCUT2D eigenvalue weighted by Gasteiger charge is -2.32. The van der Waals surface area contributed by atoms with Gasteiger partial charge in [0.25, 0.3) is 5.91 Å². The molecule has 0 amide bonds. The van der Waals surface area contributed by atoms with E-state index in [0.717, 1.165) is 32.0 Å². The third-order valence-electron chi connectivity index (χ3n) is 3.07. The number of carbonyl (C=O) groups excluding carboxylic acids is 1. The number of aldehydes is 1. The summed E-state index contributed by atoms with van der Waals surface area (Å²) in [6.07, 6.45) is 5.21. The minimum Gasteiger partial charge on any atom is -0.368 e. The highest BCUT2D eigenvalue weighted by molar-refractivity contribution is 5.95. The van der Waals surface area contributed by atoms with Crippen LogP contribution in [0.15, 0.2) is 9.98 Å². The number of guanidine groups is 2. The molecule has 1 saturated heterocycles. The van der Waals surface area contributed by atoms with Crippen molar-refractivity contribution in [3.63, 3.8) is 0 Å². The number of hydrogen-bond acceptors (Lipinski definition) is 9. The Balaban J connectivity index is 1.85. The molecule has 2 unspecified atom stereocenters. The van der Waals surface area contributed by atoms with E-state index in [-0.39, 0.29) is 18.1 Å². The summed E-state index contributed by atoms with van der Waals surface area (Å²) in [7, 11) is 0. The molecule has 9 heteroatoms. The number of hydrazine groups is 1. The van der Waals surface area contributed by atoms with Crippen LogP contribution in [0.4, 0.5) is 0 Å². The van der Waals surface area contributed by atoms with E-state index >= 15 is 0 Å². The van der Waals surface area contributed by atoms with E-state index in [4.69, 9.17) is 17.2 Å². The Labute approximate surface area is 111 Å². The molecule has 0 aromatic heterocycles. The Morgan fingerprint density at radius 1 is 1.37 bits per heavy atom. The van der Waals surface area contributed by atoms with Crippen molar-refractivity contribution in [3.05, 3.63) is 0 Å². The summed E-state index contributed by atoms with van der Waals surface area (Å²) in [6.45, 7) is 0. The first-order chi connectivity index (χ1) is 9.05. The third-order valence-corrected chi connectivity index (χ3v) is 3.07. The molecule has 0 radical (unpaired) electrons. The smallest absolute Gasteiger partial charge is 0.265 e. The van der Waals surface area contributed by atoms with Gasteiger partial charge in [0.05, 0.1) is 6.17 Å². The molecular weight excluding hydrogens is 248 g/mol. The van der Waals surface area contributed by atoms with Crippen molar-refractivity contribution in [2.24, 2.45) is 27.2 Å². The first-order valence-electron chi connectivity index (χ1n) is 6.31. The molecule has 1 fully saturated rings. The fourth-order valence-corrected chi connectivity index (χ4v) is 2.19. The van der Waals surface area contributed by atoms with Gasteiger partial charge in [-0.3, -0.25) is 5.73 Å². The number of aliphatic imine (C=N–C) groups is 2. The summed E-state index contributed by atoms with van der Waals surface area (Å²) in [4.78, 5) is 18.1. The van der Waals surface area contributed by atoms with Crippen molar-refractivity contribution in [1.29, 1.82) is 0 Å². The van der Waals surface area contributed by atoms with Crippen molar-refractivity contribution in [2.45, 2.75) is 44.2 Å². The Bertz CT molecular complexity index is 408. The summed E-state index contributed by atoms with van der Waals surface area (Å²) in [5.74, 6) is -0.938. The molecule has 106 valence electrons. The zero-order valence-electron chi connectivity index (χ0n) is 10.7. The van der Waals surface area contributed by atoms with Gasteiger partial charge in [-0.2, -0.15) is 9.98 Å². The fraction of sp³-hybridized carbons (Fsp3) is 0.700. The molecule has 2 aliphatic heterocycles. The fourth-order valence-electron chi connectivity index (χ4n) is 2.19. The summed E-state index contributed by atoms with van der Waals surface area (Å²) in [5, 5.41) is 4.59. The molecule has 0 aromatic carbocycles. The maximum Gasteiger partial charge on any atom is 0.265 e. The molecule has 0 spiro atoms. The molecule has 2 heterocycles. The summed E-state index contributed by atoms with van der Waals surface area (Å²) in [5.41, 5.74) is 20.5. The zero-order valence-corrected chi connectivity index (χ0v) is 10.7. The van der Waals surface area contributed by atoms with Crippen molar-refractivity contribution >= 4 is 18.2 Å². The van der Waals surface area contributed by atoms with Crippen LogP contribution in [0.1, 0.15) is 32.1 Å². The molecule has 0 aliphatic carbocycles. The van der Waals surface area contributed by atoms with E-state index in [1.807, 2.05) is 0 Å². The quantitative estimate of drug-likeness (QED) is 0.279. The molecule has 2 rings (SSSR count). The van der Waals surface area contributed by atoms with Crippen LogP contribution in [0.2, 0.25) is 0 Å². The molecule has 2 atom stereocenters. The van der Waals surface area contributed by atoms with Gasteiger partial charge in [-0.25, -0.2) is 15.8 Å². The number of hydrogen-bond donors (Lipinski definition) is 5. The minimum atomic E-state index is -1.18. The molecule has 0 bridgehead atoms. The van der Waals surface area contributed by atoms with Crippen LogP contribution < -0.4 is 27.9 Å². The maximum atomic E-state index is 10.2. The maximum absolute atomic E-state index is 10.2. The summed E-state index contributed by atoms with van der Waals surface area (Å²) >= 11 is 0. The second-order valence-corrected chi connectivity index (χ2v) is 4.63.